The molecule has 1 fully saturated rings. The first kappa shape index (κ1) is 14.7. The molecule has 2 rings (SSSR count). The van der Waals surface area contributed by atoms with Crippen LogP contribution >= 0.6 is 23.4 Å². The fourth-order valence-corrected chi connectivity index (χ4v) is 2.92. The number of thioether (sulfide) groups is 1. The summed E-state index contributed by atoms with van der Waals surface area (Å²) in [5, 5.41) is 6.86. The largest absolute Gasteiger partial charge is 0.325 e. The molecule has 0 saturated carbocycles. The Kier molecular flexibility index (Phi) is 5.13. The number of anilines is 1. The number of nitrogens with one attached hydrogen (secondary N) is 2. The van der Waals surface area contributed by atoms with Crippen molar-refractivity contribution < 1.29 is 4.79 Å². The number of rotatable bonds is 5. The average molecular weight is 299 g/mol. The van der Waals surface area contributed by atoms with E-state index in [1.54, 1.807) is 11.8 Å². The van der Waals surface area contributed by atoms with E-state index in [0.717, 1.165) is 29.4 Å². The average Bonchev–Trinajstić information content (AvgIpc) is 2.30. The summed E-state index contributed by atoms with van der Waals surface area (Å²) in [6, 6.07) is 5.64. The molecule has 3 nitrogen and oxygen atoms in total. The summed E-state index contributed by atoms with van der Waals surface area (Å²) >= 11 is 7.72. The Bertz CT molecular complexity index is 463. The molecule has 1 unspecified atom stereocenters. The summed E-state index contributed by atoms with van der Waals surface area (Å²) < 4.78 is 0. The summed E-state index contributed by atoms with van der Waals surface area (Å²) in [7, 11) is 0. The van der Waals surface area contributed by atoms with Gasteiger partial charge in [-0.15, -0.1) is 11.8 Å². The molecule has 0 spiro atoms. The molecule has 1 aromatic rings. The van der Waals surface area contributed by atoms with E-state index in [-0.39, 0.29) is 11.8 Å². The van der Waals surface area contributed by atoms with Gasteiger partial charge in [-0.05, 0) is 43.0 Å². The second-order valence-corrected chi connectivity index (χ2v) is 6.51. The van der Waals surface area contributed by atoms with Crippen LogP contribution in [0.1, 0.15) is 13.8 Å². The van der Waals surface area contributed by atoms with Crippen LogP contribution in [0.25, 0.3) is 0 Å². The summed E-state index contributed by atoms with van der Waals surface area (Å²) in [6.45, 7) is 5.94. The van der Waals surface area contributed by atoms with Gasteiger partial charge in [0.2, 0.25) is 5.91 Å². The molecule has 0 aromatic heterocycles. The van der Waals surface area contributed by atoms with E-state index in [2.05, 4.69) is 17.6 Å². The molecular weight excluding hydrogens is 280 g/mol. The molecule has 1 aliphatic heterocycles. The van der Waals surface area contributed by atoms with Crippen molar-refractivity contribution in [2.45, 2.75) is 18.7 Å². The summed E-state index contributed by atoms with van der Waals surface area (Å²) in [5.74, 6) is 1.51. The highest BCUT2D eigenvalue weighted by molar-refractivity contribution is 7.99. The van der Waals surface area contributed by atoms with Crippen LogP contribution in [0.5, 0.6) is 0 Å². The van der Waals surface area contributed by atoms with Gasteiger partial charge in [-0.25, -0.2) is 0 Å². The first-order valence-electron chi connectivity index (χ1n) is 6.55. The van der Waals surface area contributed by atoms with Gasteiger partial charge in [0.15, 0.2) is 0 Å². The lowest BCUT2D eigenvalue weighted by Crippen LogP contribution is -2.48. The highest BCUT2D eigenvalue weighted by Crippen LogP contribution is 2.30. The minimum atomic E-state index is 0.0275. The smallest absolute Gasteiger partial charge is 0.227 e. The molecule has 1 aromatic carbocycles. The lowest BCUT2D eigenvalue weighted by molar-refractivity contribution is -0.121. The van der Waals surface area contributed by atoms with Gasteiger partial charge in [0.1, 0.15) is 0 Å². The third-order valence-corrected chi connectivity index (χ3v) is 4.62. The minimum Gasteiger partial charge on any atom is -0.325 e. The molecule has 1 aliphatic rings. The van der Waals surface area contributed by atoms with Crippen molar-refractivity contribution >= 4 is 35.0 Å². The number of amides is 1. The van der Waals surface area contributed by atoms with E-state index >= 15 is 0 Å². The van der Waals surface area contributed by atoms with Crippen molar-refractivity contribution in [2.24, 2.45) is 11.8 Å². The highest BCUT2D eigenvalue weighted by Gasteiger charge is 2.28. The van der Waals surface area contributed by atoms with Crippen LogP contribution in [-0.4, -0.2) is 24.7 Å². The molecule has 1 amide bonds. The molecule has 2 N–H and O–H groups in total. The maximum absolute atomic E-state index is 12.2. The molecule has 0 bridgehead atoms. The maximum Gasteiger partial charge on any atom is 0.227 e. The zero-order valence-electron chi connectivity index (χ0n) is 11.2. The van der Waals surface area contributed by atoms with Gasteiger partial charge >= 0.3 is 0 Å². The van der Waals surface area contributed by atoms with Crippen LogP contribution in [0.3, 0.4) is 0 Å². The van der Waals surface area contributed by atoms with Crippen molar-refractivity contribution in [1.29, 1.82) is 0 Å². The van der Waals surface area contributed by atoms with Gasteiger partial charge in [-0.1, -0.05) is 25.4 Å². The molecule has 1 saturated heterocycles. The molecule has 1 atom stereocenters. The van der Waals surface area contributed by atoms with E-state index in [1.807, 2.05) is 25.1 Å². The molecule has 0 aliphatic carbocycles. The summed E-state index contributed by atoms with van der Waals surface area (Å²) in [6.07, 6.45) is 0. The fraction of sp³-hybridized carbons (Fsp3) is 0.500. The standard InChI is InChI=1S/C14H19ClN2OS/c1-3-19-13-5-4-11(15)6-12(13)17-14(18)9(2)10-7-16-8-10/h4-6,9-10,16H,3,7-8H2,1-2H3,(H,17,18). The van der Waals surface area contributed by atoms with E-state index in [4.69, 9.17) is 11.6 Å². The quantitative estimate of drug-likeness (QED) is 0.820. The zero-order chi connectivity index (χ0) is 13.8. The molecule has 0 radical (unpaired) electrons. The number of hydrogen-bond donors (Lipinski definition) is 2. The van der Waals surface area contributed by atoms with E-state index in [1.165, 1.54) is 0 Å². The number of carbonyl (C=O) groups is 1. The van der Waals surface area contributed by atoms with Crippen LogP contribution in [0.15, 0.2) is 23.1 Å². The molecule has 19 heavy (non-hydrogen) atoms. The number of hydrogen-bond acceptors (Lipinski definition) is 3. The van der Waals surface area contributed by atoms with Crippen molar-refractivity contribution in [3.05, 3.63) is 23.2 Å². The Morgan fingerprint density at radius 1 is 1.58 bits per heavy atom. The summed E-state index contributed by atoms with van der Waals surface area (Å²) in [4.78, 5) is 13.3. The number of benzene rings is 1. The minimum absolute atomic E-state index is 0.0275. The SMILES string of the molecule is CCSc1ccc(Cl)cc1NC(=O)C(C)C1CNC1. The topological polar surface area (TPSA) is 41.1 Å². The monoisotopic (exact) mass is 298 g/mol. The van der Waals surface area contributed by atoms with Crippen LogP contribution in [0.4, 0.5) is 5.69 Å². The van der Waals surface area contributed by atoms with E-state index in [9.17, 15) is 4.79 Å². The van der Waals surface area contributed by atoms with Crippen molar-refractivity contribution in [3.8, 4) is 0 Å². The lowest BCUT2D eigenvalue weighted by Gasteiger charge is -2.31. The highest BCUT2D eigenvalue weighted by atomic mass is 35.5. The summed E-state index contributed by atoms with van der Waals surface area (Å²) in [5.41, 5.74) is 0.823. The van der Waals surface area contributed by atoms with Crippen molar-refractivity contribution in [2.75, 3.05) is 24.2 Å². The lowest BCUT2D eigenvalue weighted by atomic mass is 9.88. The van der Waals surface area contributed by atoms with Crippen LogP contribution in [0, 0.1) is 11.8 Å². The predicted molar refractivity (Wildman–Crippen MR) is 82.0 cm³/mol. The molecular formula is C14H19ClN2OS. The van der Waals surface area contributed by atoms with Gasteiger partial charge < -0.3 is 10.6 Å². The molecule has 5 heteroatoms. The normalized spacial score (nSPS) is 16.8. The fourth-order valence-electron chi connectivity index (χ4n) is 2.01. The van der Waals surface area contributed by atoms with Gasteiger partial charge in [0.05, 0.1) is 5.69 Å². The Morgan fingerprint density at radius 2 is 2.32 bits per heavy atom. The first-order chi connectivity index (χ1) is 9.11. The van der Waals surface area contributed by atoms with Crippen molar-refractivity contribution in [3.63, 3.8) is 0 Å². The van der Waals surface area contributed by atoms with E-state index < -0.39 is 0 Å². The van der Waals surface area contributed by atoms with E-state index in [0.29, 0.717) is 10.9 Å². The Balaban J connectivity index is 2.08. The van der Waals surface area contributed by atoms with Crippen LogP contribution < -0.4 is 10.6 Å². The van der Waals surface area contributed by atoms with Crippen LogP contribution in [-0.2, 0) is 4.79 Å². The van der Waals surface area contributed by atoms with Gasteiger partial charge in [0, 0.05) is 15.8 Å². The zero-order valence-corrected chi connectivity index (χ0v) is 12.8. The maximum atomic E-state index is 12.2. The Labute approximate surface area is 123 Å². The van der Waals surface area contributed by atoms with Gasteiger partial charge in [-0.2, -0.15) is 0 Å². The second kappa shape index (κ2) is 6.64. The third kappa shape index (κ3) is 3.65. The number of halogens is 1. The first-order valence-corrected chi connectivity index (χ1v) is 7.92. The Hall–Kier alpha value is -0.710. The van der Waals surface area contributed by atoms with Crippen LogP contribution in [0.2, 0.25) is 5.02 Å². The van der Waals surface area contributed by atoms with Gasteiger partial charge in [0.25, 0.3) is 0 Å². The predicted octanol–water partition coefficient (Wildman–Crippen LogP) is 3.25. The third-order valence-electron chi connectivity index (χ3n) is 3.43. The molecule has 1 heterocycles. The van der Waals surface area contributed by atoms with Gasteiger partial charge in [-0.3, -0.25) is 4.79 Å². The second-order valence-electron chi connectivity index (χ2n) is 4.77. The molecule has 104 valence electrons. The number of carbonyl (C=O) groups excluding carboxylic acids is 1. The van der Waals surface area contributed by atoms with Crippen molar-refractivity contribution in [1.82, 2.24) is 5.32 Å². The Morgan fingerprint density at radius 3 is 2.89 bits per heavy atom.